The number of methoxy groups -OCH3 is 1. The van der Waals surface area contributed by atoms with Gasteiger partial charge >= 0.3 is 0 Å². The lowest BCUT2D eigenvalue weighted by Crippen LogP contribution is -2.36. The second-order valence-electron chi connectivity index (χ2n) is 8.30. The Bertz CT molecular complexity index is 1250. The molecule has 6 rings (SSSR count). The molecule has 1 aromatic heterocycles. The number of allylic oxidation sites excluding steroid dienone is 1. The molecule has 2 aliphatic carbocycles. The Morgan fingerprint density at radius 3 is 2.60 bits per heavy atom. The third-order valence-corrected chi connectivity index (χ3v) is 6.89. The van der Waals surface area contributed by atoms with Gasteiger partial charge in [-0.2, -0.15) is 0 Å². The standard InChI is InChI=1S/C26H23NO3/c1-27-19-11-7-6-10-16(19)22-24(27)21-17-12-13-30-26(17)23(21)20(29-2)14-18(25(22)28)15-8-4-3-5-9-15/h3-11,14,17-18,26H,12-13H2,1-2H3/b20-14+/t17-,18-,26-/m1/s1. The highest BCUT2D eigenvalue weighted by Gasteiger charge is 2.50. The zero-order valence-electron chi connectivity index (χ0n) is 17.1. The van der Waals surface area contributed by atoms with Crippen molar-refractivity contribution < 1.29 is 14.3 Å². The van der Waals surface area contributed by atoms with Crippen molar-refractivity contribution in [1.82, 2.24) is 4.57 Å². The minimum absolute atomic E-state index is 0.0571. The number of nitrogens with zero attached hydrogens (tertiary/aromatic N) is 1. The zero-order valence-corrected chi connectivity index (χ0v) is 17.1. The van der Waals surface area contributed by atoms with Crippen LogP contribution in [-0.2, 0) is 16.5 Å². The van der Waals surface area contributed by atoms with Crippen molar-refractivity contribution >= 4 is 22.3 Å². The van der Waals surface area contributed by atoms with E-state index >= 15 is 0 Å². The predicted molar refractivity (Wildman–Crippen MR) is 116 cm³/mol. The van der Waals surface area contributed by atoms with Crippen LogP contribution in [0.1, 0.15) is 34.0 Å². The molecule has 0 N–H and O–H groups in total. The van der Waals surface area contributed by atoms with Crippen molar-refractivity contribution in [3.8, 4) is 0 Å². The number of carbonyl (C=O) groups is 1. The number of rotatable bonds is 2. The Balaban J connectivity index is 1.71. The number of carbonyl (C=O) groups excluding carboxylic acids is 1. The highest BCUT2D eigenvalue weighted by molar-refractivity contribution is 6.16. The Morgan fingerprint density at radius 1 is 1.03 bits per heavy atom. The van der Waals surface area contributed by atoms with Gasteiger partial charge < -0.3 is 14.0 Å². The number of benzene rings is 2. The van der Waals surface area contributed by atoms with Crippen molar-refractivity contribution in [2.24, 2.45) is 13.0 Å². The molecule has 1 fully saturated rings. The molecule has 0 radical (unpaired) electrons. The van der Waals surface area contributed by atoms with Crippen LogP contribution in [0.15, 0.2) is 72.0 Å². The summed E-state index contributed by atoms with van der Waals surface area (Å²) >= 11 is 0. The van der Waals surface area contributed by atoms with Crippen LogP contribution in [0.5, 0.6) is 0 Å². The van der Waals surface area contributed by atoms with Gasteiger partial charge in [-0.25, -0.2) is 0 Å². The van der Waals surface area contributed by atoms with Gasteiger partial charge in [0.15, 0.2) is 5.78 Å². The Morgan fingerprint density at radius 2 is 1.80 bits per heavy atom. The number of aryl methyl sites for hydroxylation is 1. The minimum Gasteiger partial charge on any atom is -0.497 e. The fourth-order valence-corrected chi connectivity index (χ4v) is 5.52. The van der Waals surface area contributed by atoms with E-state index in [0.717, 1.165) is 52.1 Å². The van der Waals surface area contributed by atoms with E-state index in [-0.39, 0.29) is 11.9 Å². The average Bonchev–Trinajstić information content (AvgIpc) is 3.30. The first kappa shape index (κ1) is 17.7. The minimum atomic E-state index is -0.403. The maximum Gasteiger partial charge on any atom is 0.177 e. The highest BCUT2D eigenvalue weighted by atomic mass is 16.5. The van der Waals surface area contributed by atoms with Crippen LogP contribution in [0.2, 0.25) is 0 Å². The van der Waals surface area contributed by atoms with Gasteiger partial charge in [0, 0.05) is 36.0 Å². The van der Waals surface area contributed by atoms with Crippen LogP contribution in [0.4, 0.5) is 0 Å². The number of ether oxygens (including phenoxy) is 2. The summed E-state index contributed by atoms with van der Waals surface area (Å²) in [6.45, 7) is 0.745. The van der Waals surface area contributed by atoms with E-state index in [1.54, 1.807) is 7.11 Å². The first-order valence-electron chi connectivity index (χ1n) is 10.5. The Hall–Kier alpha value is -3.11. The summed E-state index contributed by atoms with van der Waals surface area (Å²) in [4.78, 5) is 14.1. The van der Waals surface area contributed by atoms with Gasteiger partial charge in [-0.05, 0) is 29.7 Å². The summed E-state index contributed by atoms with van der Waals surface area (Å²) in [6.07, 6.45) is 3.04. The Labute approximate surface area is 175 Å². The summed E-state index contributed by atoms with van der Waals surface area (Å²) in [6, 6.07) is 18.2. The average molecular weight is 397 g/mol. The SMILES string of the molecule is CO/C1=C/[C@H](c2ccccc2)C(=O)c2c(n(C)c3ccccc23)C2=C1[C@@H]1OCC[C@H]21. The molecule has 0 amide bonds. The predicted octanol–water partition coefficient (Wildman–Crippen LogP) is 4.86. The maximum absolute atomic E-state index is 14.1. The number of para-hydroxylation sites is 1. The van der Waals surface area contributed by atoms with E-state index in [4.69, 9.17) is 9.47 Å². The van der Waals surface area contributed by atoms with Gasteiger partial charge in [0.05, 0.1) is 30.4 Å². The molecule has 0 saturated carbocycles. The van der Waals surface area contributed by atoms with Crippen molar-refractivity contribution in [2.75, 3.05) is 13.7 Å². The molecule has 3 aromatic rings. The number of fused-ring (bicyclic) bond motifs is 7. The molecule has 2 aromatic carbocycles. The van der Waals surface area contributed by atoms with Crippen LogP contribution < -0.4 is 0 Å². The van der Waals surface area contributed by atoms with E-state index in [9.17, 15) is 4.79 Å². The second-order valence-corrected chi connectivity index (χ2v) is 8.30. The summed E-state index contributed by atoms with van der Waals surface area (Å²) < 4.78 is 14.1. The normalized spacial score (nSPS) is 26.8. The van der Waals surface area contributed by atoms with Crippen LogP contribution in [0.3, 0.4) is 0 Å². The molecule has 150 valence electrons. The quantitative estimate of drug-likeness (QED) is 0.620. The van der Waals surface area contributed by atoms with Crippen molar-refractivity contribution in [1.29, 1.82) is 0 Å². The number of Topliss-reactive ketones (excluding diaryl/α,β-unsaturated/α-hetero) is 1. The van der Waals surface area contributed by atoms with Gasteiger partial charge in [0.25, 0.3) is 0 Å². The molecule has 4 heteroatoms. The highest BCUT2D eigenvalue weighted by Crippen LogP contribution is 2.55. The molecule has 4 nitrogen and oxygen atoms in total. The fraction of sp³-hybridized carbons (Fsp3) is 0.269. The lowest BCUT2D eigenvalue weighted by Gasteiger charge is -2.39. The van der Waals surface area contributed by atoms with E-state index in [0.29, 0.717) is 5.92 Å². The Kier molecular flexibility index (Phi) is 3.81. The molecule has 3 aliphatic rings. The molecule has 30 heavy (non-hydrogen) atoms. The number of hydrogen-bond donors (Lipinski definition) is 0. The van der Waals surface area contributed by atoms with Crippen LogP contribution in [-0.4, -0.2) is 30.2 Å². The van der Waals surface area contributed by atoms with Crippen LogP contribution >= 0.6 is 0 Å². The van der Waals surface area contributed by atoms with E-state index in [1.807, 2.05) is 48.5 Å². The molecule has 0 unspecified atom stereocenters. The largest absolute Gasteiger partial charge is 0.497 e. The summed E-state index contributed by atoms with van der Waals surface area (Å²) in [5, 5.41) is 1.02. The third kappa shape index (κ3) is 2.23. The molecule has 2 heterocycles. The summed E-state index contributed by atoms with van der Waals surface area (Å²) in [5.41, 5.74) is 6.25. The van der Waals surface area contributed by atoms with E-state index in [2.05, 4.69) is 23.7 Å². The number of hydrogen-bond acceptors (Lipinski definition) is 3. The van der Waals surface area contributed by atoms with Crippen molar-refractivity contribution in [3.05, 3.63) is 88.8 Å². The number of aromatic nitrogens is 1. The number of ketones is 1. The van der Waals surface area contributed by atoms with Gasteiger partial charge in [-0.15, -0.1) is 0 Å². The monoisotopic (exact) mass is 397 g/mol. The topological polar surface area (TPSA) is 40.5 Å². The molecular formula is C26H23NO3. The summed E-state index contributed by atoms with van der Waals surface area (Å²) in [5.74, 6) is 0.810. The zero-order chi connectivity index (χ0) is 20.4. The van der Waals surface area contributed by atoms with E-state index in [1.165, 1.54) is 5.57 Å². The molecule has 0 bridgehead atoms. The third-order valence-electron chi connectivity index (χ3n) is 6.89. The first-order valence-corrected chi connectivity index (χ1v) is 10.5. The summed E-state index contributed by atoms with van der Waals surface area (Å²) in [7, 11) is 3.76. The van der Waals surface area contributed by atoms with Crippen molar-refractivity contribution in [3.63, 3.8) is 0 Å². The molecule has 0 spiro atoms. The molecular weight excluding hydrogens is 374 g/mol. The van der Waals surface area contributed by atoms with Gasteiger partial charge in [-0.1, -0.05) is 48.5 Å². The lowest BCUT2D eigenvalue weighted by molar-refractivity contribution is 0.0964. The van der Waals surface area contributed by atoms with Crippen LogP contribution in [0, 0.1) is 5.92 Å². The molecule has 3 atom stereocenters. The smallest absolute Gasteiger partial charge is 0.177 e. The lowest BCUT2D eigenvalue weighted by atomic mass is 9.69. The molecule has 1 aliphatic heterocycles. The maximum atomic E-state index is 14.1. The first-order chi connectivity index (χ1) is 14.7. The van der Waals surface area contributed by atoms with Crippen molar-refractivity contribution in [2.45, 2.75) is 18.4 Å². The van der Waals surface area contributed by atoms with Crippen LogP contribution in [0.25, 0.3) is 16.5 Å². The van der Waals surface area contributed by atoms with Gasteiger partial charge in [-0.3, -0.25) is 4.79 Å². The van der Waals surface area contributed by atoms with Gasteiger partial charge in [0.1, 0.15) is 5.76 Å². The van der Waals surface area contributed by atoms with E-state index < -0.39 is 5.92 Å². The second kappa shape index (κ2) is 6.44. The molecule has 1 saturated heterocycles. The van der Waals surface area contributed by atoms with Gasteiger partial charge in [0.2, 0.25) is 0 Å². The fourth-order valence-electron chi connectivity index (χ4n) is 5.52.